The monoisotopic (exact) mass is 453 g/mol. The van der Waals surface area contributed by atoms with Crippen molar-refractivity contribution in [3.8, 4) is 0 Å². The van der Waals surface area contributed by atoms with Gasteiger partial charge in [0, 0.05) is 23.3 Å². The van der Waals surface area contributed by atoms with Gasteiger partial charge < -0.3 is 15.2 Å². The summed E-state index contributed by atoms with van der Waals surface area (Å²) in [7, 11) is 0. The van der Waals surface area contributed by atoms with Gasteiger partial charge in [0.1, 0.15) is 6.54 Å². The Labute approximate surface area is 176 Å². The van der Waals surface area contributed by atoms with Gasteiger partial charge in [-0.2, -0.15) is 0 Å². The quantitative estimate of drug-likeness (QED) is 0.576. The third-order valence-electron chi connectivity index (χ3n) is 4.25. The summed E-state index contributed by atoms with van der Waals surface area (Å²) in [6.07, 6.45) is 2.26. The molecule has 0 radical (unpaired) electrons. The van der Waals surface area contributed by atoms with Crippen LogP contribution in [0.5, 0.6) is 0 Å². The van der Waals surface area contributed by atoms with E-state index >= 15 is 0 Å². The highest BCUT2D eigenvalue weighted by Gasteiger charge is 2.13. The molecule has 3 rings (SSSR count). The number of nitrogens with one attached hydrogen (secondary N) is 2. The Morgan fingerprint density at radius 2 is 1.66 bits per heavy atom. The van der Waals surface area contributed by atoms with Crippen LogP contribution in [0.3, 0.4) is 0 Å². The molecule has 0 saturated heterocycles. The van der Waals surface area contributed by atoms with Crippen LogP contribution in [0.1, 0.15) is 15.9 Å². The second-order valence-electron chi connectivity index (χ2n) is 6.40. The Balaban J connectivity index is 1.63. The van der Waals surface area contributed by atoms with Gasteiger partial charge in [-0.1, -0.05) is 42.5 Å². The topological polar surface area (TPSA) is 80.2 Å². The fraction of sp³-hybridized carbons (Fsp3) is 0.136. The molecule has 0 unspecified atom stereocenters. The van der Waals surface area contributed by atoms with E-state index in [1.54, 1.807) is 36.5 Å². The summed E-state index contributed by atoms with van der Waals surface area (Å²) in [6.45, 7) is 0.334. The van der Waals surface area contributed by atoms with Gasteiger partial charge in [0.15, 0.2) is 0 Å². The highest BCUT2D eigenvalue weighted by molar-refractivity contribution is 9.10. The molecule has 0 fully saturated rings. The molecule has 29 heavy (non-hydrogen) atoms. The summed E-state index contributed by atoms with van der Waals surface area (Å²) in [5.41, 5.74) is 1.62. The minimum Gasteiger partial charge on any atom is -0.352 e. The molecule has 1 heterocycles. The van der Waals surface area contributed by atoms with Crippen molar-refractivity contribution in [3.63, 3.8) is 0 Å². The van der Waals surface area contributed by atoms with Gasteiger partial charge in [0.25, 0.3) is 11.5 Å². The molecule has 0 aliphatic heterocycles. The maximum absolute atomic E-state index is 12.6. The minimum absolute atomic E-state index is 0.151. The average Bonchev–Trinajstić information content (AvgIpc) is 2.72. The van der Waals surface area contributed by atoms with E-state index in [0.29, 0.717) is 28.7 Å². The standard InChI is InChI=1S/C22H20BrN3O3/c23-17-10-11-21(28)26(14-17)15-20(27)25-19-9-5-4-8-18(19)22(29)24-13-12-16-6-2-1-3-7-16/h1-11,14H,12-13,15H2,(H,24,29)(H,25,27). The van der Waals surface area contributed by atoms with Gasteiger partial charge in [0.05, 0.1) is 11.3 Å². The first kappa shape index (κ1) is 20.5. The first-order chi connectivity index (χ1) is 14.0. The first-order valence-corrected chi connectivity index (χ1v) is 9.89. The van der Waals surface area contributed by atoms with Gasteiger partial charge in [-0.25, -0.2) is 0 Å². The van der Waals surface area contributed by atoms with Crippen LogP contribution in [-0.4, -0.2) is 22.9 Å². The van der Waals surface area contributed by atoms with Crippen molar-refractivity contribution in [2.75, 3.05) is 11.9 Å². The van der Waals surface area contributed by atoms with Crippen LogP contribution in [0.2, 0.25) is 0 Å². The lowest BCUT2D eigenvalue weighted by Crippen LogP contribution is -2.29. The number of anilines is 1. The van der Waals surface area contributed by atoms with Crippen LogP contribution >= 0.6 is 15.9 Å². The maximum atomic E-state index is 12.6. The third-order valence-corrected chi connectivity index (χ3v) is 4.72. The Bertz CT molecular complexity index is 1060. The highest BCUT2D eigenvalue weighted by Crippen LogP contribution is 2.15. The summed E-state index contributed by atoms with van der Waals surface area (Å²) in [4.78, 5) is 36.8. The zero-order chi connectivity index (χ0) is 20.6. The van der Waals surface area contributed by atoms with Crippen molar-refractivity contribution < 1.29 is 9.59 Å². The summed E-state index contributed by atoms with van der Waals surface area (Å²) in [5, 5.41) is 5.60. The van der Waals surface area contributed by atoms with Crippen LogP contribution < -0.4 is 16.2 Å². The molecule has 0 saturated carbocycles. The summed E-state index contributed by atoms with van der Waals surface area (Å²) in [5.74, 6) is -0.661. The molecular weight excluding hydrogens is 434 g/mol. The molecule has 3 aromatic rings. The van der Waals surface area contributed by atoms with E-state index in [9.17, 15) is 14.4 Å². The lowest BCUT2D eigenvalue weighted by atomic mass is 10.1. The van der Waals surface area contributed by atoms with Crippen LogP contribution in [0, 0.1) is 0 Å². The van der Waals surface area contributed by atoms with Gasteiger partial charge in [-0.15, -0.1) is 0 Å². The molecule has 1 aromatic heterocycles. The summed E-state index contributed by atoms with van der Waals surface area (Å²) in [6, 6.07) is 19.7. The van der Waals surface area contributed by atoms with Crippen molar-refractivity contribution >= 4 is 33.4 Å². The molecule has 2 aromatic carbocycles. The minimum atomic E-state index is -0.394. The van der Waals surface area contributed by atoms with E-state index in [4.69, 9.17) is 0 Å². The Morgan fingerprint density at radius 1 is 0.931 bits per heavy atom. The van der Waals surface area contributed by atoms with Crippen LogP contribution in [0.15, 0.2) is 82.2 Å². The number of nitrogens with zero attached hydrogens (tertiary/aromatic N) is 1. The second-order valence-corrected chi connectivity index (χ2v) is 7.31. The largest absolute Gasteiger partial charge is 0.352 e. The molecule has 0 atom stereocenters. The number of aromatic nitrogens is 1. The SMILES string of the molecule is O=C(Cn1cc(Br)ccc1=O)Nc1ccccc1C(=O)NCCc1ccccc1. The van der Waals surface area contributed by atoms with E-state index in [2.05, 4.69) is 26.6 Å². The number of amides is 2. The molecule has 6 nitrogen and oxygen atoms in total. The molecular formula is C22H20BrN3O3. The molecule has 0 bridgehead atoms. The zero-order valence-electron chi connectivity index (χ0n) is 15.6. The van der Waals surface area contributed by atoms with Crippen molar-refractivity contribution in [2.45, 2.75) is 13.0 Å². The number of halogens is 1. The number of hydrogen-bond acceptors (Lipinski definition) is 3. The molecule has 2 N–H and O–H groups in total. The van der Waals surface area contributed by atoms with E-state index < -0.39 is 5.91 Å². The molecule has 7 heteroatoms. The van der Waals surface area contributed by atoms with E-state index in [0.717, 1.165) is 5.56 Å². The zero-order valence-corrected chi connectivity index (χ0v) is 17.2. The van der Waals surface area contributed by atoms with E-state index in [-0.39, 0.29) is 18.0 Å². The summed E-state index contributed by atoms with van der Waals surface area (Å²) >= 11 is 3.28. The van der Waals surface area contributed by atoms with Crippen molar-refractivity contribution in [3.05, 3.63) is 98.9 Å². The van der Waals surface area contributed by atoms with Crippen LogP contribution in [-0.2, 0) is 17.8 Å². The Morgan fingerprint density at radius 3 is 2.45 bits per heavy atom. The second kappa shape index (κ2) is 9.84. The van der Waals surface area contributed by atoms with Crippen molar-refractivity contribution in [2.24, 2.45) is 0 Å². The highest BCUT2D eigenvalue weighted by atomic mass is 79.9. The number of carbonyl (C=O) groups excluding carboxylic acids is 2. The van der Waals surface area contributed by atoms with Crippen LogP contribution in [0.25, 0.3) is 0 Å². The Hall–Kier alpha value is -3.19. The number of carbonyl (C=O) groups is 2. The van der Waals surface area contributed by atoms with Crippen LogP contribution in [0.4, 0.5) is 5.69 Å². The van der Waals surface area contributed by atoms with Gasteiger partial charge >= 0.3 is 0 Å². The van der Waals surface area contributed by atoms with Crippen molar-refractivity contribution in [1.82, 2.24) is 9.88 Å². The number of para-hydroxylation sites is 1. The molecule has 0 aliphatic rings. The third kappa shape index (κ3) is 5.89. The van der Waals surface area contributed by atoms with E-state index in [1.165, 1.54) is 10.6 Å². The predicted molar refractivity (Wildman–Crippen MR) is 116 cm³/mol. The van der Waals surface area contributed by atoms with E-state index in [1.807, 2.05) is 30.3 Å². The summed E-state index contributed by atoms with van der Waals surface area (Å²) < 4.78 is 1.99. The van der Waals surface area contributed by atoms with Gasteiger partial charge in [-0.3, -0.25) is 14.4 Å². The number of hydrogen-bond donors (Lipinski definition) is 2. The molecule has 2 amide bonds. The lowest BCUT2D eigenvalue weighted by molar-refractivity contribution is -0.116. The lowest BCUT2D eigenvalue weighted by Gasteiger charge is -2.12. The smallest absolute Gasteiger partial charge is 0.253 e. The molecule has 148 valence electrons. The molecule has 0 spiro atoms. The molecule has 0 aliphatic carbocycles. The average molecular weight is 454 g/mol. The fourth-order valence-corrected chi connectivity index (χ4v) is 3.20. The number of rotatable bonds is 7. The maximum Gasteiger partial charge on any atom is 0.253 e. The number of benzene rings is 2. The number of pyridine rings is 1. The fourth-order valence-electron chi connectivity index (χ4n) is 2.82. The van der Waals surface area contributed by atoms with Crippen molar-refractivity contribution in [1.29, 1.82) is 0 Å². The van der Waals surface area contributed by atoms with Gasteiger partial charge in [-0.05, 0) is 46.1 Å². The normalized spacial score (nSPS) is 10.4. The first-order valence-electron chi connectivity index (χ1n) is 9.10. The Kier molecular flexibility index (Phi) is 6.97. The predicted octanol–water partition coefficient (Wildman–Crippen LogP) is 3.22. The van der Waals surface area contributed by atoms with Gasteiger partial charge in [0.2, 0.25) is 5.91 Å².